The molecule has 2 heterocycles. The van der Waals surface area contributed by atoms with Gasteiger partial charge >= 0.3 is 6.03 Å². The molecule has 1 atom stereocenters. The van der Waals surface area contributed by atoms with Gasteiger partial charge < -0.3 is 10.2 Å². The number of para-hydroxylation sites is 1. The van der Waals surface area contributed by atoms with Gasteiger partial charge in [-0.1, -0.05) is 30.3 Å². The monoisotopic (exact) mass is 353 g/mol. The van der Waals surface area contributed by atoms with Gasteiger partial charge in [0.25, 0.3) is 0 Å². The summed E-state index contributed by atoms with van der Waals surface area (Å²) in [5.74, 6) is -0.189. The van der Waals surface area contributed by atoms with Crippen molar-refractivity contribution in [3.63, 3.8) is 0 Å². The van der Waals surface area contributed by atoms with Crippen LogP contribution in [0.5, 0.6) is 0 Å². The van der Waals surface area contributed by atoms with Crippen molar-refractivity contribution in [1.82, 2.24) is 9.80 Å². The van der Waals surface area contributed by atoms with Crippen LogP contribution in [0.2, 0.25) is 0 Å². The average Bonchev–Trinajstić information content (AvgIpc) is 3.24. The van der Waals surface area contributed by atoms with Gasteiger partial charge in [-0.05, 0) is 55.6 Å². The van der Waals surface area contributed by atoms with Crippen molar-refractivity contribution in [1.29, 1.82) is 0 Å². The summed E-state index contributed by atoms with van der Waals surface area (Å²) in [6.07, 6.45) is 3.20. The first-order valence-electron chi connectivity index (χ1n) is 9.25. The highest BCUT2D eigenvalue weighted by molar-refractivity contribution is 5.89. The summed E-state index contributed by atoms with van der Waals surface area (Å²) < 4.78 is 13.5. The van der Waals surface area contributed by atoms with Gasteiger partial charge in [-0.15, -0.1) is 0 Å². The van der Waals surface area contributed by atoms with Crippen LogP contribution in [-0.4, -0.2) is 41.0 Å². The fourth-order valence-electron chi connectivity index (χ4n) is 4.31. The van der Waals surface area contributed by atoms with E-state index >= 15 is 0 Å². The Morgan fingerprint density at radius 2 is 1.92 bits per heavy atom. The minimum Gasteiger partial charge on any atom is -0.323 e. The Kier molecular flexibility index (Phi) is 4.64. The number of carbonyl (C=O) groups is 1. The Bertz CT molecular complexity index is 782. The summed E-state index contributed by atoms with van der Waals surface area (Å²) in [5, 5.41) is 2.98. The minimum atomic E-state index is -0.189. The summed E-state index contributed by atoms with van der Waals surface area (Å²) in [7, 11) is 0. The number of urea groups is 1. The SMILES string of the molecule is O=C(Nc1ccccc1)N1CC[C@@]2(CCCN2Cc2cccc(F)c2)C1. The molecule has 1 spiro atoms. The first-order chi connectivity index (χ1) is 12.6. The molecule has 0 saturated carbocycles. The molecular weight excluding hydrogens is 329 g/mol. The van der Waals surface area contributed by atoms with Crippen molar-refractivity contribution in [2.75, 3.05) is 25.0 Å². The number of anilines is 1. The van der Waals surface area contributed by atoms with Crippen molar-refractivity contribution in [3.05, 3.63) is 66.0 Å². The van der Waals surface area contributed by atoms with Crippen LogP contribution in [0.15, 0.2) is 54.6 Å². The number of hydrogen-bond acceptors (Lipinski definition) is 2. The van der Waals surface area contributed by atoms with E-state index in [-0.39, 0.29) is 17.4 Å². The second-order valence-corrected chi connectivity index (χ2v) is 7.35. The maximum Gasteiger partial charge on any atom is 0.321 e. The summed E-state index contributed by atoms with van der Waals surface area (Å²) in [4.78, 5) is 17.0. The Labute approximate surface area is 153 Å². The number of nitrogens with zero attached hydrogens (tertiary/aromatic N) is 2. The molecular formula is C21H24FN3O. The molecule has 0 radical (unpaired) electrons. The first-order valence-corrected chi connectivity index (χ1v) is 9.25. The molecule has 0 unspecified atom stereocenters. The zero-order valence-corrected chi connectivity index (χ0v) is 14.8. The maximum absolute atomic E-state index is 13.5. The molecule has 2 aliphatic rings. The lowest BCUT2D eigenvalue weighted by atomic mass is 9.95. The van der Waals surface area contributed by atoms with E-state index < -0.39 is 0 Å². The van der Waals surface area contributed by atoms with Crippen LogP contribution in [0.3, 0.4) is 0 Å². The zero-order chi connectivity index (χ0) is 18.0. The predicted octanol–water partition coefficient (Wildman–Crippen LogP) is 4.10. The standard InChI is InChI=1S/C21H24FN3O/c22-18-7-4-6-17(14-18)15-25-12-5-10-21(25)11-13-24(16-21)20(26)23-19-8-2-1-3-9-19/h1-4,6-9,14H,5,10-13,15-16H2,(H,23,26)/t21-/m0/s1. The molecule has 2 saturated heterocycles. The van der Waals surface area contributed by atoms with Crippen LogP contribution >= 0.6 is 0 Å². The van der Waals surface area contributed by atoms with Gasteiger partial charge in [-0.3, -0.25) is 4.90 Å². The van der Waals surface area contributed by atoms with E-state index in [2.05, 4.69) is 10.2 Å². The molecule has 136 valence electrons. The molecule has 5 heteroatoms. The van der Waals surface area contributed by atoms with Gasteiger partial charge in [-0.25, -0.2) is 9.18 Å². The topological polar surface area (TPSA) is 35.6 Å². The van der Waals surface area contributed by atoms with E-state index in [1.54, 1.807) is 12.1 Å². The van der Waals surface area contributed by atoms with E-state index in [4.69, 9.17) is 0 Å². The summed E-state index contributed by atoms with van der Waals surface area (Å²) >= 11 is 0. The highest BCUT2D eigenvalue weighted by Crippen LogP contribution is 2.38. The number of carbonyl (C=O) groups excluding carboxylic acids is 1. The van der Waals surface area contributed by atoms with Crippen LogP contribution < -0.4 is 5.32 Å². The van der Waals surface area contributed by atoms with Crippen LogP contribution in [-0.2, 0) is 6.54 Å². The van der Waals surface area contributed by atoms with Gasteiger partial charge in [0.15, 0.2) is 0 Å². The molecule has 4 nitrogen and oxygen atoms in total. The second-order valence-electron chi connectivity index (χ2n) is 7.35. The van der Waals surface area contributed by atoms with E-state index in [1.165, 1.54) is 6.07 Å². The highest BCUT2D eigenvalue weighted by Gasteiger charge is 2.46. The third-order valence-electron chi connectivity index (χ3n) is 5.65. The van der Waals surface area contributed by atoms with E-state index in [0.29, 0.717) is 0 Å². The third-order valence-corrected chi connectivity index (χ3v) is 5.65. The molecule has 0 aliphatic carbocycles. The van der Waals surface area contributed by atoms with Crippen molar-refractivity contribution in [2.45, 2.75) is 31.3 Å². The molecule has 26 heavy (non-hydrogen) atoms. The molecule has 4 rings (SSSR count). The summed E-state index contributed by atoms with van der Waals surface area (Å²) in [6.45, 7) is 3.25. The fourth-order valence-corrected chi connectivity index (χ4v) is 4.31. The number of amides is 2. The lowest BCUT2D eigenvalue weighted by Gasteiger charge is -2.35. The van der Waals surface area contributed by atoms with Gasteiger partial charge in [0, 0.05) is 30.9 Å². The Balaban J connectivity index is 1.43. The fraction of sp³-hybridized carbons (Fsp3) is 0.381. The van der Waals surface area contributed by atoms with E-state index in [1.807, 2.05) is 41.3 Å². The second kappa shape index (κ2) is 7.08. The van der Waals surface area contributed by atoms with Crippen LogP contribution in [0, 0.1) is 5.82 Å². The smallest absolute Gasteiger partial charge is 0.321 e. The van der Waals surface area contributed by atoms with Crippen LogP contribution in [0.1, 0.15) is 24.8 Å². The predicted molar refractivity (Wildman–Crippen MR) is 100 cm³/mol. The van der Waals surface area contributed by atoms with Gasteiger partial charge in [0.1, 0.15) is 5.82 Å². The van der Waals surface area contributed by atoms with Crippen molar-refractivity contribution < 1.29 is 9.18 Å². The van der Waals surface area contributed by atoms with Crippen LogP contribution in [0.25, 0.3) is 0 Å². The molecule has 0 aromatic heterocycles. The number of halogens is 1. The normalized spacial score (nSPS) is 22.9. The highest BCUT2D eigenvalue weighted by atomic mass is 19.1. The number of likely N-dealkylation sites (tertiary alicyclic amines) is 2. The first kappa shape index (κ1) is 17.0. The molecule has 2 fully saturated rings. The molecule has 1 N–H and O–H groups in total. The minimum absolute atomic E-state index is 0.0281. The maximum atomic E-state index is 13.5. The summed E-state index contributed by atoms with van der Waals surface area (Å²) in [6, 6.07) is 16.4. The molecule has 2 aromatic carbocycles. The summed E-state index contributed by atoms with van der Waals surface area (Å²) in [5.41, 5.74) is 1.85. The molecule has 2 amide bonds. The van der Waals surface area contributed by atoms with Crippen molar-refractivity contribution >= 4 is 11.7 Å². The van der Waals surface area contributed by atoms with Crippen molar-refractivity contribution in [2.24, 2.45) is 0 Å². The molecule has 2 aromatic rings. The Morgan fingerprint density at radius 1 is 1.08 bits per heavy atom. The number of rotatable bonds is 3. The third kappa shape index (κ3) is 3.44. The number of hydrogen-bond donors (Lipinski definition) is 1. The van der Waals surface area contributed by atoms with Gasteiger partial charge in [0.2, 0.25) is 0 Å². The number of benzene rings is 2. The lowest BCUT2D eigenvalue weighted by molar-refractivity contribution is 0.136. The van der Waals surface area contributed by atoms with Crippen LogP contribution in [0.4, 0.5) is 14.9 Å². The van der Waals surface area contributed by atoms with E-state index in [9.17, 15) is 9.18 Å². The van der Waals surface area contributed by atoms with Crippen molar-refractivity contribution in [3.8, 4) is 0 Å². The molecule has 0 bridgehead atoms. The largest absolute Gasteiger partial charge is 0.323 e. The quantitative estimate of drug-likeness (QED) is 0.902. The van der Waals surface area contributed by atoms with E-state index in [0.717, 1.165) is 56.7 Å². The van der Waals surface area contributed by atoms with Gasteiger partial charge in [0.05, 0.1) is 0 Å². The average molecular weight is 353 g/mol. The number of nitrogens with one attached hydrogen (secondary N) is 1. The Morgan fingerprint density at radius 3 is 2.73 bits per heavy atom. The zero-order valence-electron chi connectivity index (χ0n) is 14.8. The van der Waals surface area contributed by atoms with Gasteiger partial charge in [-0.2, -0.15) is 0 Å². The lowest BCUT2D eigenvalue weighted by Crippen LogP contribution is -2.46. The Hall–Kier alpha value is -2.40. The molecule has 2 aliphatic heterocycles.